The number of imidazole rings is 1. The number of halogens is 1. The van der Waals surface area contributed by atoms with Crippen LogP contribution in [0.1, 0.15) is 24.4 Å². The number of para-hydroxylation sites is 2. The molecule has 3 nitrogen and oxygen atoms in total. The number of benzene rings is 2. The van der Waals surface area contributed by atoms with E-state index in [4.69, 9.17) is 11.6 Å². The molecule has 108 valence electrons. The average molecular weight is 301 g/mol. The number of fused-ring (bicyclic) bond motifs is 1. The first kappa shape index (κ1) is 14.1. The second-order valence-corrected chi connectivity index (χ2v) is 5.47. The zero-order valence-corrected chi connectivity index (χ0v) is 12.6. The zero-order chi connectivity index (χ0) is 14.8. The minimum Gasteiger partial charge on any atom is -0.388 e. The smallest absolute Gasteiger partial charge is 0.112 e. The first-order chi connectivity index (χ1) is 10.2. The van der Waals surface area contributed by atoms with Crippen LogP contribution in [0.15, 0.2) is 48.5 Å². The van der Waals surface area contributed by atoms with Gasteiger partial charge in [0.25, 0.3) is 0 Å². The van der Waals surface area contributed by atoms with Crippen LogP contribution in [0, 0.1) is 0 Å². The lowest BCUT2D eigenvalue weighted by atomic mass is 10.1. The molecule has 0 saturated heterocycles. The molecule has 0 spiro atoms. The monoisotopic (exact) mass is 300 g/mol. The molecular weight excluding hydrogens is 284 g/mol. The molecule has 2 aromatic carbocycles. The summed E-state index contributed by atoms with van der Waals surface area (Å²) < 4.78 is 2.14. The van der Waals surface area contributed by atoms with E-state index in [0.29, 0.717) is 11.4 Å². The Balaban J connectivity index is 1.94. The molecule has 1 heterocycles. The summed E-state index contributed by atoms with van der Waals surface area (Å²) in [6.07, 6.45) is -0.131. The van der Waals surface area contributed by atoms with Gasteiger partial charge in [0.05, 0.1) is 17.1 Å². The highest BCUT2D eigenvalue weighted by Crippen LogP contribution is 2.23. The van der Waals surface area contributed by atoms with Crippen molar-refractivity contribution in [3.8, 4) is 0 Å². The maximum Gasteiger partial charge on any atom is 0.112 e. The molecule has 0 radical (unpaired) electrons. The standard InChI is InChI=1S/C17H17ClN2O/c1-2-20-15-9-4-3-8-14(15)19-17(20)11-16(21)12-6-5-7-13(18)10-12/h3-10,16,21H,2,11H2,1H3. The van der Waals surface area contributed by atoms with Crippen molar-refractivity contribution < 1.29 is 5.11 Å². The highest BCUT2D eigenvalue weighted by Gasteiger charge is 2.15. The Morgan fingerprint density at radius 2 is 2.00 bits per heavy atom. The van der Waals surface area contributed by atoms with Crippen molar-refractivity contribution in [2.45, 2.75) is 26.0 Å². The van der Waals surface area contributed by atoms with Crippen LogP contribution >= 0.6 is 11.6 Å². The Morgan fingerprint density at radius 3 is 2.76 bits per heavy atom. The summed E-state index contributed by atoms with van der Waals surface area (Å²) in [6, 6.07) is 15.4. The van der Waals surface area contributed by atoms with Crippen LogP contribution in [0.2, 0.25) is 5.02 Å². The van der Waals surface area contributed by atoms with Gasteiger partial charge in [-0.1, -0.05) is 35.9 Å². The topological polar surface area (TPSA) is 38.0 Å². The molecule has 21 heavy (non-hydrogen) atoms. The van der Waals surface area contributed by atoms with E-state index in [1.807, 2.05) is 30.3 Å². The van der Waals surface area contributed by atoms with E-state index in [1.165, 1.54) is 0 Å². The SMILES string of the molecule is CCn1c(CC(O)c2cccc(Cl)c2)nc2ccccc21. The van der Waals surface area contributed by atoms with Crippen molar-refractivity contribution in [3.63, 3.8) is 0 Å². The highest BCUT2D eigenvalue weighted by atomic mass is 35.5. The van der Waals surface area contributed by atoms with E-state index in [-0.39, 0.29) is 0 Å². The molecule has 1 N–H and O–H groups in total. The van der Waals surface area contributed by atoms with Crippen LogP contribution in [0.4, 0.5) is 0 Å². The fraction of sp³-hybridized carbons (Fsp3) is 0.235. The Kier molecular flexibility index (Phi) is 3.95. The molecule has 0 amide bonds. The number of rotatable bonds is 4. The Morgan fingerprint density at radius 1 is 1.19 bits per heavy atom. The average Bonchev–Trinajstić information content (AvgIpc) is 2.84. The molecule has 1 aromatic heterocycles. The molecule has 0 aliphatic heterocycles. The van der Waals surface area contributed by atoms with Crippen molar-refractivity contribution >= 4 is 22.6 Å². The third-order valence-corrected chi connectivity index (χ3v) is 3.89. The summed E-state index contributed by atoms with van der Waals surface area (Å²) in [6.45, 7) is 2.92. The summed E-state index contributed by atoms with van der Waals surface area (Å²) >= 11 is 5.98. The highest BCUT2D eigenvalue weighted by molar-refractivity contribution is 6.30. The zero-order valence-electron chi connectivity index (χ0n) is 11.8. The van der Waals surface area contributed by atoms with Crippen LogP contribution in [0.25, 0.3) is 11.0 Å². The van der Waals surface area contributed by atoms with E-state index < -0.39 is 6.10 Å². The number of aliphatic hydroxyl groups excluding tert-OH is 1. The van der Waals surface area contributed by atoms with E-state index in [1.54, 1.807) is 12.1 Å². The summed E-state index contributed by atoms with van der Waals surface area (Å²) in [4.78, 5) is 4.64. The molecule has 0 saturated carbocycles. The number of hydrogen-bond donors (Lipinski definition) is 1. The molecule has 4 heteroatoms. The van der Waals surface area contributed by atoms with Crippen LogP contribution in [0.3, 0.4) is 0 Å². The predicted molar refractivity (Wildman–Crippen MR) is 85.5 cm³/mol. The van der Waals surface area contributed by atoms with Gasteiger partial charge in [-0.2, -0.15) is 0 Å². The van der Waals surface area contributed by atoms with Gasteiger partial charge >= 0.3 is 0 Å². The third-order valence-electron chi connectivity index (χ3n) is 3.66. The van der Waals surface area contributed by atoms with Crippen molar-refractivity contribution in [2.75, 3.05) is 0 Å². The number of hydrogen-bond acceptors (Lipinski definition) is 2. The van der Waals surface area contributed by atoms with E-state index in [9.17, 15) is 5.11 Å². The van der Waals surface area contributed by atoms with Gasteiger partial charge in [0.1, 0.15) is 5.82 Å². The van der Waals surface area contributed by atoms with Gasteiger partial charge in [0, 0.05) is 18.0 Å². The number of aliphatic hydroxyl groups is 1. The van der Waals surface area contributed by atoms with Crippen LogP contribution in [-0.4, -0.2) is 14.7 Å². The fourth-order valence-corrected chi connectivity index (χ4v) is 2.84. The van der Waals surface area contributed by atoms with Gasteiger partial charge in [0.15, 0.2) is 0 Å². The molecule has 1 atom stereocenters. The largest absolute Gasteiger partial charge is 0.388 e. The van der Waals surface area contributed by atoms with Crippen molar-refractivity contribution in [3.05, 3.63) is 64.9 Å². The minimum atomic E-state index is -0.606. The van der Waals surface area contributed by atoms with E-state index in [0.717, 1.165) is 29.0 Å². The summed E-state index contributed by atoms with van der Waals surface area (Å²) in [5, 5.41) is 11.1. The third kappa shape index (κ3) is 2.80. The molecular formula is C17H17ClN2O. The fourth-order valence-electron chi connectivity index (χ4n) is 2.64. The molecule has 1 unspecified atom stereocenters. The number of nitrogens with zero attached hydrogens (tertiary/aromatic N) is 2. The number of aryl methyl sites for hydroxylation is 1. The molecule has 0 bridgehead atoms. The molecule has 0 aliphatic rings. The summed E-state index contributed by atoms with van der Waals surface area (Å²) in [5.41, 5.74) is 2.89. The first-order valence-corrected chi connectivity index (χ1v) is 7.44. The Bertz CT molecular complexity index is 766. The second kappa shape index (κ2) is 5.88. The first-order valence-electron chi connectivity index (χ1n) is 7.06. The summed E-state index contributed by atoms with van der Waals surface area (Å²) in [5.74, 6) is 0.895. The van der Waals surface area contributed by atoms with Crippen molar-refractivity contribution in [1.82, 2.24) is 9.55 Å². The lowest BCUT2D eigenvalue weighted by Crippen LogP contribution is -2.08. The Hall–Kier alpha value is -1.84. The normalized spacial score (nSPS) is 12.7. The van der Waals surface area contributed by atoms with Gasteiger partial charge in [-0.25, -0.2) is 4.98 Å². The molecule has 0 aliphatic carbocycles. The quantitative estimate of drug-likeness (QED) is 0.791. The molecule has 3 aromatic rings. The number of aromatic nitrogens is 2. The van der Waals surface area contributed by atoms with E-state index in [2.05, 4.69) is 22.5 Å². The van der Waals surface area contributed by atoms with Gasteiger partial charge in [-0.05, 0) is 36.8 Å². The predicted octanol–water partition coefficient (Wildman–Crippen LogP) is 3.99. The van der Waals surface area contributed by atoms with Gasteiger partial charge in [-0.3, -0.25) is 0 Å². The van der Waals surface area contributed by atoms with Crippen molar-refractivity contribution in [1.29, 1.82) is 0 Å². The van der Waals surface area contributed by atoms with E-state index >= 15 is 0 Å². The molecule has 0 fully saturated rings. The van der Waals surface area contributed by atoms with Crippen LogP contribution < -0.4 is 0 Å². The van der Waals surface area contributed by atoms with Crippen LogP contribution in [-0.2, 0) is 13.0 Å². The second-order valence-electron chi connectivity index (χ2n) is 5.04. The maximum atomic E-state index is 10.4. The van der Waals surface area contributed by atoms with Gasteiger partial charge in [0.2, 0.25) is 0 Å². The maximum absolute atomic E-state index is 10.4. The lowest BCUT2D eigenvalue weighted by Gasteiger charge is -2.12. The lowest BCUT2D eigenvalue weighted by molar-refractivity contribution is 0.174. The van der Waals surface area contributed by atoms with Crippen LogP contribution in [0.5, 0.6) is 0 Å². The van der Waals surface area contributed by atoms with Crippen molar-refractivity contribution in [2.24, 2.45) is 0 Å². The van der Waals surface area contributed by atoms with Gasteiger partial charge in [-0.15, -0.1) is 0 Å². The Labute approximate surface area is 128 Å². The molecule has 3 rings (SSSR count). The summed E-state index contributed by atoms with van der Waals surface area (Å²) in [7, 11) is 0. The van der Waals surface area contributed by atoms with Gasteiger partial charge < -0.3 is 9.67 Å². The minimum absolute atomic E-state index is 0.475.